The molecule has 2 heterocycles. The van der Waals surface area contributed by atoms with E-state index >= 15 is 0 Å². The van der Waals surface area contributed by atoms with Gasteiger partial charge in [-0.15, -0.1) is 0 Å². The largest absolute Gasteiger partial charge is 0.504 e. The molecule has 3 N–H and O–H groups in total. The van der Waals surface area contributed by atoms with Crippen LogP contribution < -0.4 is 10.9 Å². The fourth-order valence-electron chi connectivity index (χ4n) is 2.17. The van der Waals surface area contributed by atoms with E-state index in [4.69, 9.17) is 0 Å². The number of aryl methyl sites for hydroxylation is 1. The Morgan fingerprint density at radius 1 is 1.22 bits per heavy atom. The summed E-state index contributed by atoms with van der Waals surface area (Å²) in [6.07, 6.45) is 1.86. The zero-order valence-electron chi connectivity index (χ0n) is 12.1. The third-order valence-corrected chi connectivity index (χ3v) is 3.30. The second kappa shape index (κ2) is 6.27. The smallest absolute Gasteiger partial charge is 0.258 e. The number of nitrogens with one attached hydrogen (secondary N) is 2. The van der Waals surface area contributed by atoms with E-state index in [9.17, 15) is 14.7 Å². The maximum absolute atomic E-state index is 11.9. The number of aromatic amines is 1. The van der Waals surface area contributed by atoms with Crippen LogP contribution in [0.4, 0.5) is 5.82 Å². The summed E-state index contributed by atoms with van der Waals surface area (Å²) in [7, 11) is 0. The van der Waals surface area contributed by atoms with Gasteiger partial charge < -0.3 is 15.4 Å². The lowest BCUT2D eigenvalue weighted by Gasteiger charge is -2.06. The van der Waals surface area contributed by atoms with Crippen molar-refractivity contribution in [3.05, 3.63) is 58.8 Å². The average Bonchev–Trinajstić information content (AvgIpc) is 2.55. The molecule has 0 atom stereocenters. The Hall–Kier alpha value is -3.22. The summed E-state index contributed by atoms with van der Waals surface area (Å²) in [5, 5.41) is 12.6. The van der Waals surface area contributed by atoms with E-state index in [1.165, 1.54) is 12.3 Å². The minimum Gasteiger partial charge on any atom is -0.504 e. The van der Waals surface area contributed by atoms with E-state index in [0.29, 0.717) is 16.7 Å². The lowest BCUT2D eigenvalue weighted by atomic mass is 10.2. The third kappa shape index (κ3) is 3.34. The van der Waals surface area contributed by atoms with Crippen LogP contribution in [-0.4, -0.2) is 26.0 Å². The molecule has 0 bridgehead atoms. The normalized spacial score (nSPS) is 10.6. The molecule has 1 amide bonds. The number of para-hydroxylation sites is 1. The van der Waals surface area contributed by atoms with Crippen LogP contribution in [-0.2, 0) is 11.2 Å². The molecule has 2 aromatic heterocycles. The van der Waals surface area contributed by atoms with Crippen LogP contribution in [0.3, 0.4) is 0 Å². The van der Waals surface area contributed by atoms with Gasteiger partial charge in [0, 0.05) is 19.0 Å². The molecule has 0 aliphatic carbocycles. The molecule has 7 nitrogen and oxygen atoms in total. The summed E-state index contributed by atoms with van der Waals surface area (Å²) in [5.74, 6) is 0.124. The number of hydrogen-bond donors (Lipinski definition) is 3. The molecule has 1 aromatic carbocycles. The van der Waals surface area contributed by atoms with E-state index in [1.807, 2.05) is 0 Å². The van der Waals surface area contributed by atoms with Gasteiger partial charge in [0.15, 0.2) is 11.6 Å². The lowest BCUT2D eigenvalue weighted by Crippen LogP contribution is -2.16. The molecule has 0 saturated heterocycles. The van der Waals surface area contributed by atoms with Gasteiger partial charge in [-0.3, -0.25) is 9.59 Å². The molecular weight excluding hydrogens is 296 g/mol. The summed E-state index contributed by atoms with van der Waals surface area (Å²) in [6, 6.07) is 10.0. The maximum atomic E-state index is 11.9. The Morgan fingerprint density at radius 3 is 2.87 bits per heavy atom. The fourth-order valence-corrected chi connectivity index (χ4v) is 2.17. The van der Waals surface area contributed by atoms with Crippen LogP contribution in [0.5, 0.6) is 5.75 Å². The van der Waals surface area contributed by atoms with Gasteiger partial charge in [0.2, 0.25) is 5.91 Å². The Morgan fingerprint density at radius 2 is 2.04 bits per heavy atom. The number of aromatic hydroxyl groups is 1. The van der Waals surface area contributed by atoms with Crippen molar-refractivity contribution in [2.75, 3.05) is 5.32 Å². The molecule has 0 spiro atoms. The van der Waals surface area contributed by atoms with E-state index in [-0.39, 0.29) is 35.9 Å². The molecule has 3 rings (SSSR count). The number of pyridine rings is 1. The molecule has 0 unspecified atom stereocenters. The molecular formula is C16H14N4O3. The number of fused-ring (bicyclic) bond motifs is 1. The quantitative estimate of drug-likeness (QED) is 0.678. The fraction of sp³-hybridized carbons (Fsp3) is 0.125. The second-order valence-corrected chi connectivity index (χ2v) is 4.95. The molecule has 7 heteroatoms. The first-order valence-corrected chi connectivity index (χ1v) is 7.05. The maximum Gasteiger partial charge on any atom is 0.258 e. The van der Waals surface area contributed by atoms with E-state index in [0.717, 1.165) is 0 Å². The predicted octanol–water partition coefficient (Wildman–Crippen LogP) is 1.59. The first-order chi connectivity index (χ1) is 11.1. The highest BCUT2D eigenvalue weighted by Gasteiger charge is 2.09. The second-order valence-electron chi connectivity index (χ2n) is 4.95. The van der Waals surface area contributed by atoms with Crippen molar-refractivity contribution < 1.29 is 9.90 Å². The van der Waals surface area contributed by atoms with E-state index in [2.05, 4.69) is 20.3 Å². The Balaban J connectivity index is 1.70. The van der Waals surface area contributed by atoms with Crippen LogP contribution in [0.15, 0.2) is 47.4 Å². The summed E-state index contributed by atoms with van der Waals surface area (Å²) < 4.78 is 0. The number of benzene rings is 1. The Labute approximate surface area is 131 Å². The van der Waals surface area contributed by atoms with Crippen molar-refractivity contribution in [1.29, 1.82) is 0 Å². The Kier molecular flexibility index (Phi) is 4.01. The predicted molar refractivity (Wildman–Crippen MR) is 85.2 cm³/mol. The number of amides is 1. The highest BCUT2D eigenvalue weighted by Crippen LogP contribution is 2.18. The van der Waals surface area contributed by atoms with Crippen molar-refractivity contribution in [3.63, 3.8) is 0 Å². The van der Waals surface area contributed by atoms with Gasteiger partial charge in [0.25, 0.3) is 5.56 Å². The molecule has 23 heavy (non-hydrogen) atoms. The highest BCUT2D eigenvalue weighted by atomic mass is 16.3. The summed E-state index contributed by atoms with van der Waals surface area (Å²) >= 11 is 0. The highest BCUT2D eigenvalue weighted by molar-refractivity contribution is 5.91. The number of anilines is 1. The van der Waals surface area contributed by atoms with Crippen molar-refractivity contribution >= 4 is 22.6 Å². The van der Waals surface area contributed by atoms with Crippen molar-refractivity contribution in [2.45, 2.75) is 12.8 Å². The van der Waals surface area contributed by atoms with Crippen LogP contribution in [0, 0.1) is 0 Å². The molecule has 0 radical (unpaired) electrons. The van der Waals surface area contributed by atoms with Crippen molar-refractivity contribution in [3.8, 4) is 5.75 Å². The zero-order valence-corrected chi connectivity index (χ0v) is 12.1. The summed E-state index contributed by atoms with van der Waals surface area (Å²) in [6.45, 7) is 0. The van der Waals surface area contributed by atoms with Crippen LogP contribution in [0.1, 0.15) is 12.2 Å². The third-order valence-electron chi connectivity index (χ3n) is 3.30. The molecule has 0 aliphatic rings. The van der Waals surface area contributed by atoms with E-state index < -0.39 is 0 Å². The number of nitrogens with zero attached hydrogens (tertiary/aromatic N) is 2. The van der Waals surface area contributed by atoms with Gasteiger partial charge in [-0.05, 0) is 24.3 Å². The van der Waals surface area contributed by atoms with Gasteiger partial charge in [0.05, 0.1) is 10.9 Å². The molecule has 0 fully saturated rings. The van der Waals surface area contributed by atoms with Crippen LogP contribution in [0.2, 0.25) is 0 Å². The van der Waals surface area contributed by atoms with Gasteiger partial charge in [0.1, 0.15) is 5.82 Å². The summed E-state index contributed by atoms with van der Waals surface area (Å²) in [5.41, 5.74) is 0.363. The first kappa shape index (κ1) is 14.7. The van der Waals surface area contributed by atoms with Crippen LogP contribution in [0.25, 0.3) is 10.9 Å². The molecule has 116 valence electrons. The minimum absolute atomic E-state index is 0.0990. The number of hydrogen-bond acceptors (Lipinski definition) is 5. The van der Waals surface area contributed by atoms with Gasteiger partial charge in [-0.2, -0.15) is 0 Å². The number of carbonyl (C=O) groups excluding carboxylic acids is 1. The van der Waals surface area contributed by atoms with Gasteiger partial charge >= 0.3 is 0 Å². The van der Waals surface area contributed by atoms with E-state index in [1.54, 1.807) is 30.3 Å². The lowest BCUT2D eigenvalue weighted by molar-refractivity contribution is -0.116. The summed E-state index contributed by atoms with van der Waals surface area (Å²) in [4.78, 5) is 34.7. The monoisotopic (exact) mass is 310 g/mol. The molecule has 0 aliphatic heterocycles. The van der Waals surface area contributed by atoms with Crippen molar-refractivity contribution in [2.24, 2.45) is 0 Å². The molecule has 3 aromatic rings. The zero-order chi connectivity index (χ0) is 16.2. The first-order valence-electron chi connectivity index (χ1n) is 7.05. The number of H-pyrrole nitrogens is 1. The van der Waals surface area contributed by atoms with Crippen LogP contribution >= 0.6 is 0 Å². The van der Waals surface area contributed by atoms with Gasteiger partial charge in [-0.1, -0.05) is 12.1 Å². The van der Waals surface area contributed by atoms with Gasteiger partial charge in [-0.25, -0.2) is 9.97 Å². The minimum atomic E-state index is -0.324. The topological polar surface area (TPSA) is 108 Å². The number of rotatable bonds is 4. The Bertz CT molecular complexity index is 920. The standard InChI is InChI=1S/C16H14N4O3/c21-12-6-3-9-17-15(12)20-14(22)8-7-13-18-11-5-2-1-4-10(11)16(23)19-13/h1-6,9,21H,7-8H2,(H,17,20,22)(H,18,19,23). The average molecular weight is 310 g/mol. The number of aromatic nitrogens is 3. The van der Waals surface area contributed by atoms with Crippen molar-refractivity contribution in [1.82, 2.24) is 15.0 Å². The molecule has 0 saturated carbocycles. The SMILES string of the molecule is O=C(CCc1nc2ccccc2c(=O)[nH]1)Nc1ncccc1O. The number of carbonyl (C=O) groups is 1.